The lowest BCUT2D eigenvalue weighted by atomic mass is 10.0. The first-order valence-electron chi connectivity index (χ1n) is 5.97. The molecule has 2 N–H and O–H groups in total. The summed E-state index contributed by atoms with van der Waals surface area (Å²) in [7, 11) is 0. The van der Waals surface area contributed by atoms with Gasteiger partial charge >= 0.3 is 12.0 Å². The highest BCUT2D eigenvalue weighted by molar-refractivity contribution is 9.10. The van der Waals surface area contributed by atoms with Crippen LogP contribution < -0.4 is 5.32 Å². The summed E-state index contributed by atoms with van der Waals surface area (Å²) >= 11 is 3.14. The minimum absolute atomic E-state index is 0.226. The number of likely N-dealkylation sites (N-methyl/N-ethyl adjacent to an activating group) is 1. The van der Waals surface area contributed by atoms with Gasteiger partial charge in [0.25, 0.3) is 0 Å². The quantitative estimate of drug-likeness (QED) is 0.878. The summed E-state index contributed by atoms with van der Waals surface area (Å²) in [4.78, 5) is 24.6. The number of carboxylic acid groups (broad SMARTS) is 1. The largest absolute Gasteiger partial charge is 0.480 e. The first kappa shape index (κ1) is 16.4. The molecule has 0 atom stereocenters. The molecule has 0 aliphatic heterocycles. The van der Waals surface area contributed by atoms with Gasteiger partial charge in [-0.25, -0.2) is 14.0 Å². The van der Waals surface area contributed by atoms with Gasteiger partial charge in [-0.2, -0.15) is 0 Å². The Bertz CT molecular complexity index is 534. The predicted octanol–water partition coefficient (Wildman–Crippen LogP) is 3.31. The van der Waals surface area contributed by atoms with E-state index in [0.717, 1.165) is 0 Å². The van der Waals surface area contributed by atoms with E-state index in [0.29, 0.717) is 10.2 Å². The second-order valence-corrected chi connectivity index (χ2v) is 5.52. The van der Waals surface area contributed by atoms with Gasteiger partial charge in [0.2, 0.25) is 0 Å². The van der Waals surface area contributed by atoms with Crippen molar-refractivity contribution in [3.8, 4) is 0 Å². The highest BCUT2D eigenvalue weighted by Gasteiger charge is 2.37. The van der Waals surface area contributed by atoms with Crippen molar-refractivity contribution in [3.05, 3.63) is 28.5 Å². The molecule has 0 saturated carbocycles. The molecule has 0 unspecified atom stereocenters. The molecular formula is C13H16BrFN2O3. The Kier molecular flexibility index (Phi) is 5.10. The van der Waals surface area contributed by atoms with E-state index in [1.165, 1.54) is 36.9 Å². The minimum Gasteiger partial charge on any atom is -0.480 e. The summed E-state index contributed by atoms with van der Waals surface area (Å²) in [5.41, 5.74) is -0.971. The summed E-state index contributed by atoms with van der Waals surface area (Å²) in [5, 5.41) is 11.7. The van der Waals surface area contributed by atoms with Crippen LogP contribution in [-0.2, 0) is 4.79 Å². The fourth-order valence-electron chi connectivity index (χ4n) is 1.68. The molecule has 0 saturated heterocycles. The summed E-state index contributed by atoms with van der Waals surface area (Å²) < 4.78 is 13.4. The summed E-state index contributed by atoms with van der Waals surface area (Å²) in [6.07, 6.45) is 0. The average Bonchev–Trinajstić information content (AvgIpc) is 2.33. The molecule has 1 aromatic rings. The van der Waals surface area contributed by atoms with Gasteiger partial charge < -0.3 is 15.3 Å². The van der Waals surface area contributed by atoms with E-state index in [1.54, 1.807) is 6.92 Å². The summed E-state index contributed by atoms with van der Waals surface area (Å²) in [6, 6.07) is 3.26. The number of rotatable bonds is 4. The van der Waals surface area contributed by atoms with Crippen molar-refractivity contribution in [1.82, 2.24) is 4.90 Å². The maximum absolute atomic E-state index is 13.0. The number of carbonyl (C=O) groups is 2. The number of halogens is 2. The van der Waals surface area contributed by atoms with Crippen molar-refractivity contribution in [2.24, 2.45) is 0 Å². The lowest BCUT2D eigenvalue weighted by molar-refractivity contribution is -0.147. The third-order valence-electron chi connectivity index (χ3n) is 2.93. The molecule has 1 rings (SSSR count). The van der Waals surface area contributed by atoms with Crippen LogP contribution in [0.1, 0.15) is 20.8 Å². The molecule has 2 amide bonds. The van der Waals surface area contributed by atoms with Crippen LogP contribution in [0.25, 0.3) is 0 Å². The van der Waals surface area contributed by atoms with Gasteiger partial charge in [0.05, 0.1) is 5.69 Å². The molecule has 1 aromatic carbocycles. The molecule has 0 spiro atoms. The first-order chi connectivity index (χ1) is 9.20. The number of amides is 2. The molecule has 0 radical (unpaired) electrons. The second kappa shape index (κ2) is 6.21. The Morgan fingerprint density at radius 3 is 2.50 bits per heavy atom. The van der Waals surface area contributed by atoms with Crippen LogP contribution in [0.5, 0.6) is 0 Å². The lowest BCUT2D eigenvalue weighted by Crippen LogP contribution is -2.54. The molecule has 5 nitrogen and oxygen atoms in total. The molecule has 0 fully saturated rings. The van der Waals surface area contributed by atoms with E-state index in [9.17, 15) is 14.0 Å². The van der Waals surface area contributed by atoms with Gasteiger partial charge in [-0.15, -0.1) is 0 Å². The number of urea groups is 1. The van der Waals surface area contributed by atoms with Gasteiger partial charge in [0.1, 0.15) is 11.4 Å². The molecule has 7 heteroatoms. The number of nitrogens with zero attached hydrogens (tertiary/aromatic N) is 1. The molecule has 110 valence electrons. The molecule has 20 heavy (non-hydrogen) atoms. The topological polar surface area (TPSA) is 69.6 Å². The molecule has 0 bridgehead atoms. The molecule has 0 heterocycles. The van der Waals surface area contributed by atoms with Gasteiger partial charge in [0.15, 0.2) is 0 Å². The Morgan fingerprint density at radius 2 is 2.05 bits per heavy atom. The zero-order chi connectivity index (χ0) is 15.5. The Labute approximate surface area is 124 Å². The lowest BCUT2D eigenvalue weighted by Gasteiger charge is -2.34. The van der Waals surface area contributed by atoms with Crippen molar-refractivity contribution in [3.63, 3.8) is 0 Å². The zero-order valence-corrected chi connectivity index (χ0v) is 13.0. The van der Waals surface area contributed by atoms with Crippen LogP contribution in [0.15, 0.2) is 22.7 Å². The number of aliphatic carboxylic acids is 1. The van der Waals surface area contributed by atoms with E-state index < -0.39 is 23.4 Å². The third-order valence-corrected chi connectivity index (χ3v) is 3.59. The molecular weight excluding hydrogens is 331 g/mol. The first-order valence-corrected chi connectivity index (χ1v) is 6.76. The maximum Gasteiger partial charge on any atom is 0.329 e. The Hall–Kier alpha value is -1.63. The van der Waals surface area contributed by atoms with Crippen molar-refractivity contribution in [2.45, 2.75) is 26.3 Å². The van der Waals surface area contributed by atoms with Crippen LogP contribution >= 0.6 is 15.9 Å². The molecule has 0 aliphatic rings. The van der Waals surface area contributed by atoms with Crippen molar-refractivity contribution in [2.75, 3.05) is 11.9 Å². The van der Waals surface area contributed by atoms with Gasteiger partial charge in [-0.05, 0) is 54.9 Å². The number of hydrogen-bond acceptors (Lipinski definition) is 2. The van der Waals surface area contributed by atoms with Crippen LogP contribution in [0.2, 0.25) is 0 Å². The van der Waals surface area contributed by atoms with E-state index in [2.05, 4.69) is 21.2 Å². The number of carboxylic acids is 1. The normalized spacial score (nSPS) is 11.1. The number of anilines is 1. The fraction of sp³-hybridized carbons (Fsp3) is 0.385. The third kappa shape index (κ3) is 3.47. The van der Waals surface area contributed by atoms with Crippen LogP contribution in [0, 0.1) is 5.82 Å². The van der Waals surface area contributed by atoms with Gasteiger partial charge in [-0.3, -0.25) is 0 Å². The fourth-order valence-corrected chi connectivity index (χ4v) is 2.13. The number of carbonyl (C=O) groups excluding carboxylic acids is 1. The average molecular weight is 347 g/mol. The summed E-state index contributed by atoms with van der Waals surface area (Å²) in [5.74, 6) is -1.54. The van der Waals surface area contributed by atoms with Gasteiger partial charge in [-0.1, -0.05) is 0 Å². The maximum atomic E-state index is 13.0. The highest BCUT2D eigenvalue weighted by Crippen LogP contribution is 2.24. The number of benzene rings is 1. The van der Waals surface area contributed by atoms with E-state index in [-0.39, 0.29) is 6.54 Å². The smallest absolute Gasteiger partial charge is 0.329 e. The molecule has 0 aliphatic carbocycles. The standard InChI is InChI=1S/C13H16BrFN2O3/c1-4-17(13(2,3)11(18)19)12(20)16-10-6-5-8(15)7-9(10)14/h5-7H,4H2,1-3H3,(H,16,20)(H,18,19). The monoisotopic (exact) mass is 346 g/mol. The highest BCUT2D eigenvalue weighted by atomic mass is 79.9. The SMILES string of the molecule is CCN(C(=O)Nc1ccc(F)cc1Br)C(C)(C)C(=O)O. The number of hydrogen-bond donors (Lipinski definition) is 2. The van der Waals surface area contributed by atoms with Crippen LogP contribution in [0.4, 0.5) is 14.9 Å². The van der Waals surface area contributed by atoms with E-state index >= 15 is 0 Å². The van der Waals surface area contributed by atoms with Crippen molar-refractivity contribution < 1.29 is 19.1 Å². The Morgan fingerprint density at radius 1 is 1.45 bits per heavy atom. The minimum atomic E-state index is -1.34. The Balaban J connectivity index is 2.96. The van der Waals surface area contributed by atoms with Crippen LogP contribution in [-0.4, -0.2) is 34.1 Å². The summed E-state index contributed by atoms with van der Waals surface area (Å²) in [6.45, 7) is 4.80. The molecule has 0 aromatic heterocycles. The van der Waals surface area contributed by atoms with E-state index in [4.69, 9.17) is 5.11 Å². The van der Waals surface area contributed by atoms with Crippen LogP contribution in [0.3, 0.4) is 0 Å². The zero-order valence-electron chi connectivity index (χ0n) is 11.4. The predicted molar refractivity (Wildman–Crippen MR) is 77.2 cm³/mol. The number of nitrogens with one attached hydrogen (secondary N) is 1. The van der Waals surface area contributed by atoms with E-state index in [1.807, 2.05) is 0 Å². The van der Waals surface area contributed by atoms with Crippen molar-refractivity contribution >= 4 is 33.6 Å². The second-order valence-electron chi connectivity index (χ2n) is 4.66. The van der Waals surface area contributed by atoms with Gasteiger partial charge in [0, 0.05) is 11.0 Å². The van der Waals surface area contributed by atoms with Crippen molar-refractivity contribution in [1.29, 1.82) is 0 Å².